The second-order valence-corrected chi connectivity index (χ2v) is 6.07. The monoisotopic (exact) mass is 389 g/mol. The topological polar surface area (TPSA) is 78.5 Å². The largest absolute Gasteiger partial charge is 0.352 e. The van der Waals surface area contributed by atoms with Crippen LogP contribution in [0.15, 0.2) is 42.5 Å². The van der Waals surface area contributed by atoms with Crippen molar-refractivity contribution < 1.29 is 23.2 Å². The molecule has 0 saturated heterocycles. The highest BCUT2D eigenvalue weighted by Gasteiger charge is 2.19. The van der Waals surface area contributed by atoms with Crippen molar-refractivity contribution in [3.8, 4) is 0 Å². The Morgan fingerprint density at radius 1 is 1.00 bits per heavy atom. The maximum atomic E-state index is 13.6. The third-order valence-electron chi connectivity index (χ3n) is 3.97. The van der Waals surface area contributed by atoms with E-state index in [2.05, 4.69) is 10.6 Å². The highest BCUT2D eigenvalue weighted by Crippen LogP contribution is 2.18. The molecule has 2 rings (SSSR count). The van der Waals surface area contributed by atoms with Crippen molar-refractivity contribution in [2.75, 3.05) is 18.4 Å². The van der Waals surface area contributed by atoms with E-state index in [0.29, 0.717) is 12.1 Å². The second-order valence-electron chi connectivity index (χ2n) is 6.07. The van der Waals surface area contributed by atoms with Gasteiger partial charge in [-0.3, -0.25) is 14.4 Å². The van der Waals surface area contributed by atoms with Crippen LogP contribution in [-0.4, -0.2) is 35.7 Å². The predicted octanol–water partition coefficient (Wildman–Crippen LogP) is 2.70. The van der Waals surface area contributed by atoms with Crippen LogP contribution in [0, 0.1) is 11.6 Å². The zero-order chi connectivity index (χ0) is 20.7. The van der Waals surface area contributed by atoms with Gasteiger partial charge in [0, 0.05) is 25.6 Å². The van der Waals surface area contributed by atoms with Gasteiger partial charge in [-0.1, -0.05) is 18.2 Å². The zero-order valence-corrected chi connectivity index (χ0v) is 15.6. The molecular weight excluding hydrogens is 368 g/mol. The SMILES string of the molecule is CCN(CC(=O)Nc1c(F)cccc1F)C(=O)c1ccc(CNC(C)=O)cc1. The summed E-state index contributed by atoms with van der Waals surface area (Å²) in [6, 6.07) is 9.84. The molecule has 2 aromatic rings. The first-order chi connectivity index (χ1) is 13.3. The second kappa shape index (κ2) is 9.59. The maximum Gasteiger partial charge on any atom is 0.254 e. The van der Waals surface area contributed by atoms with Gasteiger partial charge in [0.15, 0.2) is 0 Å². The number of anilines is 1. The lowest BCUT2D eigenvalue weighted by atomic mass is 10.1. The Bertz CT molecular complexity index is 849. The summed E-state index contributed by atoms with van der Waals surface area (Å²) in [6.07, 6.45) is 0. The molecule has 2 aromatic carbocycles. The van der Waals surface area contributed by atoms with E-state index in [1.54, 1.807) is 31.2 Å². The van der Waals surface area contributed by atoms with Gasteiger partial charge >= 0.3 is 0 Å². The summed E-state index contributed by atoms with van der Waals surface area (Å²) in [6.45, 7) is 3.34. The molecule has 0 heterocycles. The molecule has 0 aliphatic rings. The van der Waals surface area contributed by atoms with E-state index in [-0.39, 0.29) is 19.0 Å². The highest BCUT2D eigenvalue weighted by molar-refractivity contribution is 5.99. The van der Waals surface area contributed by atoms with Crippen LogP contribution in [0.5, 0.6) is 0 Å². The average molecular weight is 389 g/mol. The minimum atomic E-state index is -0.891. The third-order valence-corrected chi connectivity index (χ3v) is 3.97. The fourth-order valence-electron chi connectivity index (χ4n) is 2.47. The number of benzene rings is 2. The summed E-state index contributed by atoms with van der Waals surface area (Å²) in [5, 5.41) is 4.82. The zero-order valence-electron chi connectivity index (χ0n) is 15.6. The van der Waals surface area contributed by atoms with Gasteiger partial charge in [0.1, 0.15) is 23.9 Å². The summed E-state index contributed by atoms with van der Waals surface area (Å²) >= 11 is 0. The van der Waals surface area contributed by atoms with E-state index in [4.69, 9.17) is 0 Å². The summed E-state index contributed by atoms with van der Waals surface area (Å²) in [7, 11) is 0. The van der Waals surface area contributed by atoms with Gasteiger partial charge in [0.05, 0.1) is 0 Å². The molecule has 8 heteroatoms. The molecule has 0 spiro atoms. The first kappa shape index (κ1) is 21.0. The minimum absolute atomic E-state index is 0.158. The molecule has 3 amide bonds. The number of hydrogen-bond acceptors (Lipinski definition) is 3. The molecule has 0 aliphatic carbocycles. The van der Waals surface area contributed by atoms with Crippen molar-refractivity contribution in [3.05, 3.63) is 65.2 Å². The molecule has 0 aliphatic heterocycles. The molecule has 0 fully saturated rings. The molecule has 0 aromatic heterocycles. The molecule has 28 heavy (non-hydrogen) atoms. The maximum absolute atomic E-state index is 13.6. The molecule has 0 bridgehead atoms. The van der Waals surface area contributed by atoms with E-state index in [0.717, 1.165) is 17.7 Å². The predicted molar refractivity (Wildman–Crippen MR) is 101 cm³/mol. The van der Waals surface area contributed by atoms with Crippen LogP contribution < -0.4 is 10.6 Å². The van der Waals surface area contributed by atoms with Crippen molar-refractivity contribution >= 4 is 23.4 Å². The molecule has 0 radical (unpaired) electrons. The molecule has 6 nitrogen and oxygen atoms in total. The Morgan fingerprint density at radius 2 is 1.61 bits per heavy atom. The lowest BCUT2D eigenvalue weighted by molar-refractivity contribution is -0.119. The van der Waals surface area contributed by atoms with Gasteiger partial charge in [0.2, 0.25) is 11.8 Å². The minimum Gasteiger partial charge on any atom is -0.352 e. The van der Waals surface area contributed by atoms with Crippen LogP contribution in [0.25, 0.3) is 0 Å². The first-order valence-corrected chi connectivity index (χ1v) is 8.68. The molecule has 148 valence electrons. The number of carbonyl (C=O) groups is 3. The molecular formula is C20H21F2N3O3. The van der Waals surface area contributed by atoms with Crippen LogP contribution in [0.1, 0.15) is 29.8 Å². The number of likely N-dealkylation sites (N-methyl/N-ethyl adjacent to an activating group) is 1. The number of para-hydroxylation sites is 1. The van der Waals surface area contributed by atoms with Gasteiger partial charge in [-0.15, -0.1) is 0 Å². The first-order valence-electron chi connectivity index (χ1n) is 8.68. The van der Waals surface area contributed by atoms with Crippen LogP contribution in [-0.2, 0) is 16.1 Å². The number of amides is 3. The van der Waals surface area contributed by atoms with Gasteiger partial charge in [-0.05, 0) is 36.8 Å². The van der Waals surface area contributed by atoms with Gasteiger partial charge in [-0.2, -0.15) is 0 Å². The Hall–Kier alpha value is -3.29. The molecule has 2 N–H and O–H groups in total. The molecule has 0 saturated carbocycles. The van der Waals surface area contributed by atoms with Gasteiger partial charge < -0.3 is 15.5 Å². The smallest absolute Gasteiger partial charge is 0.254 e. The number of hydrogen-bond donors (Lipinski definition) is 2. The lowest BCUT2D eigenvalue weighted by Crippen LogP contribution is -2.38. The summed E-state index contributed by atoms with van der Waals surface area (Å²) in [5.41, 5.74) is 0.638. The van der Waals surface area contributed by atoms with E-state index in [1.807, 2.05) is 0 Å². The number of nitrogens with zero attached hydrogens (tertiary/aromatic N) is 1. The number of halogens is 2. The van der Waals surface area contributed by atoms with Gasteiger partial charge in [-0.25, -0.2) is 8.78 Å². The summed E-state index contributed by atoms with van der Waals surface area (Å²) < 4.78 is 27.3. The Balaban J connectivity index is 2.02. The van der Waals surface area contributed by atoms with Crippen LogP contribution in [0.4, 0.5) is 14.5 Å². The Kier molecular flexibility index (Phi) is 7.20. The molecule has 0 atom stereocenters. The quantitative estimate of drug-likeness (QED) is 0.764. The van der Waals surface area contributed by atoms with E-state index in [1.165, 1.54) is 17.9 Å². The van der Waals surface area contributed by atoms with Gasteiger partial charge in [0.25, 0.3) is 5.91 Å². The van der Waals surface area contributed by atoms with Crippen molar-refractivity contribution in [2.45, 2.75) is 20.4 Å². The fraction of sp³-hybridized carbons (Fsp3) is 0.250. The Morgan fingerprint density at radius 3 is 2.14 bits per heavy atom. The number of rotatable bonds is 7. The van der Waals surface area contributed by atoms with Crippen molar-refractivity contribution in [1.29, 1.82) is 0 Å². The third kappa shape index (κ3) is 5.60. The highest BCUT2D eigenvalue weighted by atomic mass is 19.1. The van der Waals surface area contributed by atoms with E-state index < -0.39 is 29.1 Å². The van der Waals surface area contributed by atoms with Crippen molar-refractivity contribution in [3.63, 3.8) is 0 Å². The van der Waals surface area contributed by atoms with E-state index in [9.17, 15) is 23.2 Å². The normalized spacial score (nSPS) is 10.3. The van der Waals surface area contributed by atoms with Crippen LogP contribution >= 0.6 is 0 Å². The summed E-state index contributed by atoms with van der Waals surface area (Å²) in [5.74, 6) is -3.04. The average Bonchev–Trinajstić information content (AvgIpc) is 2.67. The lowest BCUT2D eigenvalue weighted by Gasteiger charge is -2.20. The van der Waals surface area contributed by atoms with Crippen LogP contribution in [0.2, 0.25) is 0 Å². The van der Waals surface area contributed by atoms with Crippen molar-refractivity contribution in [2.24, 2.45) is 0 Å². The van der Waals surface area contributed by atoms with Crippen molar-refractivity contribution in [1.82, 2.24) is 10.2 Å². The standard InChI is InChI=1S/C20H21F2N3O3/c1-3-25(12-18(27)24-19-16(21)5-4-6-17(19)22)20(28)15-9-7-14(8-10-15)11-23-13(2)26/h4-10H,3,11-12H2,1-2H3,(H,23,26)(H,24,27). The Labute approximate surface area is 161 Å². The fourth-order valence-corrected chi connectivity index (χ4v) is 2.47. The van der Waals surface area contributed by atoms with E-state index >= 15 is 0 Å². The number of nitrogens with one attached hydrogen (secondary N) is 2. The number of carbonyl (C=O) groups excluding carboxylic acids is 3. The molecule has 0 unspecified atom stereocenters. The van der Waals surface area contributed by atoms with Crippen LogP contribution in [0.3, 0.4) is 0 Å². The summed E-state index contributed by atoms with van der Waals surface area (Å²) in [4.78, 5) is 37.0.